The van der Waals surface area contributed by atoms with Crippen molar-refractivity contribution in [2.24, 2.45) is 11.8 Å². The fourth-order valence-electron chi connectivity index (χ4n) is 9.59. The van der Waals surface area contributed by atoms with E-state index in [0.29, 0.717) is 0 Å². The zero-order valence-electron chi connectivity index (χ0n) is 21.1. The van der Waals surface area contributed by atoms with Gasteiger partial charge >= 0.3 is 0 Å². The summed E-state index contributed by atoms with van der Waals surface area (Å²) in [5, 5.41) is 0. The first-order chi connectivity index (χ1) is 15.7. The SMILES string of the molecule is CC1CCC2CC(CC3CCC4CC(CC5CCCC6CCCCN65)CCCN34)CCN12. The number of rotatable bonds is 4. The minimum absolute atomic E-state index is 0.865. The van der Waals surface area contributed by atoms with Gasteiger partial charge in [-0.05, 0) is 135 Å². The molecular weight excluding hydrogens is 390 g/mol. The van der Waals surface area contributed by atoms with Crippen LogP contribution in [0.3, 0.4) is 0 Å². The van der Waals surface area contributed by atoms with Crippen LogP contribution in [0.25, 0.3) is 0 Å². The summed E-state index contributed by atoms with van der Waals surface area (Å²) in [4.78, 5) is 8.89. The average Bonchev–Trinajstić information content (AvgIpc) is 3.29. The van der Waals surface area contributed by atoms with Gasteiger partial charge in [0, 0.05) is 36.3 Å². The minimum atomic E-state index is 0.865. The van der Waals surface area contributed by atoms with Crippen LogP contribution in [0.2, 0.25) is 0 Å². The molecule has 8 unspecified atom stereocenters. The number of fused-ring (bicyclic) bond motifs is 3. The molecule has 0 radical (unpaired) electrons. The van der Waals surface area contributed by atoms with Crippen molar-refractivity contribution in [2.75, 3.05) is 19.6 Å². The van der Waals surface area contributed by atoms with Gasteiger partial charge in [0.1, 0.15) is 0 Å². The lowest BCUT2D eigenvalue weighted by atomic mass is 9.82. The average molecular weight is 442 g/mol. The van der Waals surface area contributed by atoms with Crippen LogP contribution >= 0.6 is 0 Å². The molecule has 0 aromatic carbocycles. The smallest absolute Gasteiger partial charge is 0.0101 e. The van der Waals surface area contributed by atoms with Gasteiger partial charge in [0.2, 0.25) is 0 Å². The molecular formula is C29H51N3. The Labute approximate surface area is 198 Å². The van der Waals surface area contributed by atoms with Crippen molar-refractivity contribution in [1.29, 1.82) is 0 Å². The fourth-order valence-corrected chi connectivity index (χ4v) is 9.59. The van der Waals surface area contributed by atoms with Crippen LogP contribution in [0.5, 0.6) is 0 Å². The first kappa shape index (κ1) is 22.4. The summed E-state index contributed by atoms with van der Waals surface area (Å²) >= 11 is 0. The van der Waals surface area contributed by atoms with E-state index in [1.165, 1.54) is 129 Å². The van der Waals surface area contributed by atoms with Gasteiger partial charge < -0.3 is 0 Å². The Bertz CT molecular complexity index is 620. The highest BCUT2D eigenvalue weighted by Crippen LogP contribution is 2.42. The number of piperidine rings is 3. The first-order valence-corrected chi connectivity index (χ1v) is 15.0. The maximum Gasteiger partial charge on any atom is 0.0101 e. The summed E-state index contributed by atoms with van der Waals surface area (Å²) in [6, 6.07) is 5.54. The van der Waals surface area contributed by atoms with Crippen molar-refractivity contribution in [3.63, 3.8) is 0 Å². The summed E-state index contributed by atoms with van der Waals surface area (Å²) in [5.41, 5.74) is 0. The zero-order chi connectivity index (χ0) is 21.5. The maximum atomic E-state index is 3.05. The number of hydrogen-bond donors (Lipinski definition) is 0. The second kappa shape index (κ2) is 9.86. The molecule has 32 heavy (non-hydrogen) atoms. The molecule has 6 aliphatic rings. The molecule has 0 aromatic heterocycles. The second-order valence-corrected chi connectivity index (χ2v) is 13.0. The molecule has 182 valence electrons. The number of nitrogens with zero attached hydrogens (tertiary/aromatic N) is 3. The Balaban J connectivity index is 1.02. The minimum Gasteiger partial charge on any atom is -0.298 e. The molecule has 0 spiro atoms. The third-order valence-corrected chi connectivity index (χ3v) is 11.2. The predicted molar refractivity (Wildman–Crippen MR) is 134 cm³/mol. The first-order valence-electron chi connectivity index (χ1n) is 15.0. The van der Waals surface area contributed by atoms with E-state index < -0.39 is 0 Å². The highest BCUT2D eigenvalue weighted by Gasteiger charge is 2.41. The third-order valence-electron chi connectivity index (χ3n) is 11.2. The largest absolute Gasteiger partial charge is 0.298 e. The fraction of sp³-hybridized carbons (Fsp3) is 1.00. The van der Waals surface area contributed by atoms with Crippen LogP contribution < -0.4 is 0 Å². The van der Waals surface area contributed by atoms with E-state index in [2.05, 4.69) is 21.6 Å². The van der Waals surface area contributed by atoms with Gasteiger partial charge in [-0.2, -0.15) is 0 Å². The van der Waals surface area contributed by atoms with E-state index in [9.17, 15) is 0 Å². The van der Waals surface area contributed by atoms with E-state index in [1.807, 2.05) is 0 Å². The molecule has 6 aliphatic heterocycles. The Morgan fingerprint density at radius 1 is 0.500 bits per heavy atom. The summed E-state index contributed by atoms with van der Waals surface area (Å²) in [6.45, 7) is 6.70. The molecule has 0 aliphatic carbocycles. The summed E-state index contributed by atoms with van der Waals surface area (Å²) in [7, 11) is 0. The van der Waals surface area contributed by atoms with Crippen molar-refractivity contribution < 1.29 is 0 Å². The van der Waals surface area contributed by atoms with Crippen molar-refractivity contribution in [1.82, 2.24) is 14.7 Å². The molecule has 6 rings (SSSR count). The topological polar surface area (TPSA) is 9.72 Å². The summed E-state index contributed by atoms with van der Waals surface area (Å²) < 4.78 is 0. The number of hydrogen-bond acceptors (Lipinski definition) is 3. The molecule has 8 atom stereocenters. The van der Waals surface area contributed by atoms with Gasteiger partial charge in [-0.3, -0.25) is 14.7 Å². The Kier molecular flexibility index (Phi) is 6.89. The molecule has 3 heteroatoms. The van der Waals surface area contributed by atoms with Gasteiger partial charge in [0.05, 0.1) is 0 Å². The molecule has 0 N–H and O–H groups in total. The molecule has 6 saturated heterocycles. The van der Waals surface area contributed by atoms with Crippen LogP contribution in [0.4, 0.5) is 0 Å². The quantitative estimate of drug-likeness (QED) is 0.524. The maximum absolute atomic E-state index is 3.05. The van der Waals surface area contributed by atoms with Crippen molar-refractivity contribution in [3.05, 3.63) is 0 Å². The lowest BCUT2D eigenvalue weighted by molar-refractivity contribution is 0.0374. The lowest BCUT2D eigenvalue weighted by Gasteiger charge is -2.46. The van der Waals surface area contributed by atoms with E-state index >= 15 is 0 Å². The normalized spacial score (nSPS) is 46.4. The Morgan fingerprint density at radius 2 is 1.19 bits per heavy atom. The van der Waals surface area contributed by atoms with Gasteiger partial charge in [-0.1, -0.05) is 12.8 Å². The predicted octanol–water partition coefficient (Wildman–Crippen LogP) is 6.07. The van der Waals surface area contributed by atoms with E-state index in [4.69, 9.17) is 0 Å². The van der Waals surface area contributed by atoms with Crippen LogP contribution in [-0.4, -0.2) is 70.6 Å². The Hall–Kier alpha value is -0.120. The van der Waals surface area contributed by atoms with Gasteiger partial charge in [0.15, 0.2) is 0 Å². The van der Waals surface area contributed by atoms with Crippen molar-refractivity contribution in [3.8, 4) is 0 Å². The Morgan fingerprint density at radius 3 is 2.09 bits per heavy atom. The highest BCUT2D eigenvalue weighted by atomic mass is 15.2. The molecule has 6 heterocycles. The molecule has 0 amide bonds. The molecule has 6 fully saturated rings. The van der Waals surface area contributed by atoms with E-state index in [0.717, 1.165) is 48.1 Å². The van der Waals surface area contributed by atoms with Crippen molar-refractivity contribution >= 4 is 0 Å². The van der Waals surface area contributed by atoms with E-state index in [-0.39, 0.29) is 0 Å². The standard InChI is InChI=1S/C29H51N3/c1-22-10-11-27-20-24(14-17-30(22)27)21-29-13-12-28-19-23(6-5-16-32(28)29)18-26-9-4-8-25-7-2-3-15-31(25)26/h22-29H,2-21H2,1H3. The molecule has 0 aromatic rings. The van der Waals surface area contributed by atoms with Crippen molar-refractivity contribution in [2.45, 2.75) is 152 Å². The van der Waals surface area contributed by atoms with Gasteiger partial charge in [-0.15, -0.1) is 0 Å². The lowest BCUT2D eigenvalue weighted by Crippen LogP contribution is -2.49. The van der Waals surface area contributed by atoms with Crippen LogP contribution in [0.1, 0.15) is 116 Å². The van der Waals surface area contributed by atoms with Gasteiger partial charge in [-0.25, -0.2) is 0 Å². The third kappa shape index (κ3) is 4.57. The molecule has 0 saturated carbocycles. The molecule has 0 bridgehead atoms. The summed E-state index contributed by atoms with van der Waals surface area (Å²) in [6.07, 6.45) is 25.5. The zero-order valence-corrected chi connectivity index (χ0v) is 21.1. The van der Waals surface area contributed by atoms with Crippen LogP contribution in [-0.2, 0) is 0 Å². The van der Waals surface area contributed by atoms with Gasteiger partial charge in [0.25, 0.3) is 0 Å². The molecule has 3 nitrogen and oxygen atoms in total. The highest BCUT2D eigenvalue weighted by molar-refractivity contribution is 4.96. The second-order valence-electron chi connectivity index (χ2n) is 13.0. The van der Waals surface area contributed by atoms with Crippen LogP contribution in [0.15, 0.2) is 0 Å². The monoisotopic (exact) mass is 441 g/mol. The van der Waals surface area contributed by atoms with E-state index in [1.54, 1.807) is 0 Å². The van der Waals surface area contributed by atoms with Crippen LogP contribution in [0, 0.1) is 11.8 Å². The summed E-state index contributed by atoms with van der Waals surface area (Å²) in [5.74, 6) is 2.03.